The normalized spacial score (nSPS) is 18.0. The third kappa shape index (κ3) is 4.51. The molecule has 0 saturated carbocycles. The quantitative estimate of drug-likeness (QED) is 0.746. The number of piperazine rings is 1. The average molecular weight is 417 g/mol. The van der Waals surface area contributed by atoms with Gasteiger partial charge in [0.15, 0.2) is 11.5 Å². The van der Waals surface area contributed by atoms with Crippen molar-refractivity contribution in [3.05, 3.63) is 53.7 Å². The Morgan fingerprint density at radius 1 is 1.17 bits per heavy atom. The minimum atomic E-state index is -3.61. The van der Waals surface area contributed by atoms with Crippen molar-refractivity contribution < 1.29 is 27.8 Å². The van der Waals surface area contributed by atoms with Crippen molar-refractivity contribution in [2.45, 2.75) is 6.29 Å². The Kier molecular flexibility index (Phi) is 5.54. The first-order valence-electron chi connectivity index (χ1n) is 9.52. The predicted molar refractivity (Wildman–Crippen MR) is 105 cm³/mol. The number of aromatic nitrogens is 1. The van der Waals surface area contributed by atoms with Crippen LogP contribution in [-0.4, -0.2) is 66.8 Å². The van der Waals surface area contributed by atoms with Gasteiger partial charge in [-0.15, -0.1) is 8.78 Å². The van der Waals surface area contributed by atoms with E-state index in [9.17, 15) is 13.6 Å². The number of ether oxygens (including phenoxy) is 3. The maximum absolute atomic E-state index is 13.1. The molecule has 2 aliphatic rings. The number of pyridine rings is 1. The van der Waals surface area contributed by atoms with Crippen molar-refractivity contribution in [3.8, 4) is 17.4 Å². The molecule has 0 bridgehead atoms. The minimum Gasteiger partial charge on any atom is -0.481 e. The Labute approximate surface area is 172 Å². The Morgan fingerprint density at radius 2 is 1.93 bits per heavy atom. The summed E-state index contributed by atoms with van der Waals surface area (Å²) in [5, 5.41) is 0. The van der Waals surface area contributed by atoms with E-state index in [1.54, 1.807) is 18.2 Å². The standard InChI is InChI=1S/C21H21F2N3O4/c1-28-19-7-5-16(14-24-19)20(27)26-11-9-25(10-12-26)8-2-3-15-4-6-17-18(13-15)30-21(22,23)29-17/h2-7,13-14H,8-12H2,1H3/b3-2+. The number of methoxy groups -OCH3 is 1. The molecular formula is C21H21F2N3O4. The number of amides is 1. The Bertz CT molecular complexity index is 942. The molecule has 0 spiro atoms. The van der Waals surface area contributed by atoms with E-state index in [0.29, 0.717) is 31.1 Å². The zero-order valence-corrected chi connectivity index (χ0v) is 16.4. The fourth-order valence-corrected chi connectivity index (χ4v) is 3.35. The Morgan fingerprint density at radius 3 is 2.63 bits per heavy atom. The summed E-state index contributed by atoms with van der Waals surface area (Å²) < 4.78 is 40.0. The lowest BCUT2D eigenvalue weighted by molar-refractivity contribution is -0.286. The van der Waals surface area contributed by atoms with Crippen LogP contribution in [0.2, 0.25) is 0 Å². The van der Waals surface area contributed by atoms with Crippen molar-refractivity contribution in [1.82, 2.24) is 14.8 Å². The lowest BCUT2D eigenvalue weighted by Crippen LogP contribution is -2.48. The molecule has 1 aromatic heterocycles. The van der Waals surface area contributed by atoms with Gasteiger partial charge < -0.3 is 19.1 Å². The van der Waals surface area contributed by atoms with Gasteiger partial charge in [0.1, 0.15) is 0 Å². The first-order valence-corrected chi connectivity index (χ1v) is 9.52. The number of nitrogens with zero attached hydrogens (tertiary/aromatic N) is 3. The molecule has 0 aliphatic carbocycles. The van der Waals surface area contributed by atoms with Crippen molar-refractivity contribution in [1.29, 1.82) is 0 Å². The number of carbonyl (C=O) groups is 1. The summed E-state index contributed by atoms with van der Waals surface area (Å²) in [4.78, 5) is 20.7. The van der Waals surface area contributed by atoms with Gasteiger partial charge in [-0.2, -0.15) is 0 Å². The fraction of sp³-hybridized carbons (Fsp3) is 0.333. The molecule has 3 heterocycles. The lowest BCUT2D eigenvalue weighted by Gasteiger charge is -2.34. The minimum absolute atomic E-state index is 0.0299. The topological polar surface area (TPSA) is 64.1 Å². The van der Waals surface area contributed by atoms with Gasteiger partial charge in [-0.05, 0) is 23.8 Å². The van der Waals surface area contributed by atoms with Gasteiger partial charge in [-0.3, -0.25) is 9.69 Å². The third-order valence-corrected chi connectivity index (χ3v) is 4.95. The zero-order chi connectivity index (χ0) is 21.1. The van der Waals surface area contributed by atoms with Crippen LogP contribution >= 0.6 is 0 Å². The van der Waals surface area contributed by atoms with Crippen LogP contribution in [0, 0.1) is 0 Å². The molecule has 0 radical (unpaired) electrons. The van der Waals surface area contributed by atoms with Crippen LogP contribution in [-0.2, 0) is 0 Å². The highest BCUT2D eigenvalue weighted by Crippen LogP contribution is 2.41. The van der Waals surface area contributed by atoms with Gasteiger partial charge in [0.2, 0.25) is 5.88 Å². The largest absolute Gasteiger partial charge is 0.586 e. The number of alkyl halides is 2. The molecule has 2 aromatic rings. The number of halogens is 2. The van der Waals surface area contributed by atoms with E-state index >= 15 is 0 Å². The second-order valence-electron chi connectivity index (χ2n) is 6.96. The first-order chi connectivity index (χ1) is 14.4. The Hall–Kier alpha value is -3.20. The van der Waals surface area contributed by atoms with E-state index in [1.807, 2.05) is 17.1 Å². The van der Waals surface area contributed by atoms with E-state index < -0.39 is 6.29 Å². The second-order valence-corrected chi connectivity index (χ2v) is 6.96. The number of benzene rings is 1. The molecule has 158 valence electrons. The van der Waals surface area contributed by atoms with E-state index in [-0.39, 0.29) is 17.4 Å². The van der Waals surface area contributed by atoms with Crippen LogP contribution in [0.15, 0.2) is 42.6 Å². The number of carbonyl (C=O) groups excluding carboxylic acids is 1. The predicted octanol–water partition coefficient (Wildman–Crippen LogP) is 2.88. The average Bonchev–Trinajstić information content (AvgIpc) is 3.07. The van der Waals surface area contributed by atoms with Crippen molar-refractivity contribution in [3.63, 3.8) is 0 Å². The molecule has 2 aliphatic heterocycles. The van der Waals surface area contributed by atoms with Crippen LogP contribution in [0.25, 0.3) is 6.08 Å². The van der Waals surface area contributed by atoms with Crippen molar-refractivity contribution in [2.24, 2.45) is 0 Å². The van der Waals surface area contributed by atoms with Gasteiger partial charge in [0.25, 0.3) is 5.91 Å². The molecule has 30 heavy (non-hydrogen) atoms. The molecule has 1 amide bonds. The van der Waals surface area contributed by atoms with Gasteiger partial charge in [-0.1, -0.05) is 18.2 Å². The molecule has 0 unspecified atom stereocenters. The van der Waals surface area contributed by atoms with E-state index in [2.05, 4.69) is 19.4 Å². The van der Waals surface area contributed by atoms with Crippen LogP contribution in [0.5, 0.6) is 17.4 Å². The van der Waals surface area contributed by atoms with Gasteiger partial charge in [0.05, 0.1) is 12.7 Å². The summed E-state index contributed by atoms with van der Waals surface area (Å²) in [7, 11) is 1.53. The first kappa shape index (κ1) is 20.1. The highest BCUT2D eigenvalue weighted by Gasteiger charge is 2.43. The van der Waals surface area contributed by atoms with Gasteiger partial charge in [-0.25, -0.2) is 4.98 Å². The maximum Gasteiger partial charge on any atom is 0.586 e. The van der Waals surface area contributed by atoms with Crippen LogP contribution in [0.3, 0.4) is 0 Å². The van der Waals surface area contributed by atoms with E-state index in [0.717, 1.165) is 18.7 Å². The molecule has 1 aromatic carbocycles. The smallest absolute Gasteiger partial charge is 0.481 e. The third-order valence-electron chi connectivity index (χ3n) is 4.95. The molecule has 0 N–H and O–H groups in total. The summed E-state index contributed by atoms with van der Waals surface area (Å²) in [5.41, 5.74) is 1.29. The summed E-state index contributed by atoms with van der Waals surface area (Å²) in [6.45, 7) is 3.42. The highest BCUT2D eigenvalue weighted by atomic mass is 19.3. The van der Waals surface area contributed by atoms with Gasteiger partial charge in [0, 0.05) is 45.0 Å². The van der Waals surface area contributed by atoms with Crippen LogP contribution in [0.1, 0.15) is 15.9 Å². The number of rotatable bonds is 5. The highest BCUT2D eigenvalue weighted by molar-refractivity contribution is 5.94. The molecule has 4 rings (SSSR count). The van der Waals surface area contributed by atoms with E-state index in [1.165, 1.54) is 25.4 Å². The number of fused-ring (bicyclic) bond motifs is 1. The second kappa shape index (κ2) is 8.27. The van der Waals surface area contributed by atoms with Crippen molar-refractivity contribution in [2.75, 3.05) is 39.8 Å². The summed E-state index contributed by atoms with van der Waals surface area (Å²) in [6, 6.07) is 8.07. The molecule has 7 nitrogen and oxygen atoms in total. The zero-order valence-electron chi connectivity index (χ0n) is 16.4. The number of hydrogen-bond donors (Lipinski definition) is 0. The van der Waals surface area contributed by atoms with Crippen molar-refractivity contribution >= 4 is 12.0 Å². The molecular weight excluding hydrogens is 396 g/mol. The molecule has 1 saturated heterocycles. The molecule has 9 heteroatoms. The number of hydrogen-bond acceptors (Lipinski definition) is 6. The summed E-state index contributed by atoms with van der Waals surface area (Å²) in [5.74, 6) is 0.490. The van der Waals surface area contributed by atoms with Crippen LogP contribution in [0.4, 0.5) is 8.78 Å². The maximum atomic E-state index is 13.1. The summed E-state index contributed by atoms with van der Waals surface area (Å²) in [6.07, 6.45) is 1.72. The fourth-order valence-electron chi connectivity index (χ4n) is 3.35. The molecule has 1 fully saturated rings. The van der Waals surface area contributed by atoms with Gasteiger partial charge >= 0.3 is 6.29 Å². The summed E-state index contributed by atoms with van der Waals surface area (Å²) >= 11 is 0. The molecule has 0 atom stereocenters. The Balaban J connectivity index is 1.26. The monoisotopic (exact) mass is 417 g/mol. The SMILES string of the molecule is COc1ccc(C(=O)N2CCN(C/C=C/c3ccc4c(c3)OC(F)(F)O4)CC2)cn1. The lowest BCUT2D eigenvalue weighted by atomic mass is 10.2. The van der Waals surface area contributed by atoms with E-state index in [4.69, 9.17) is 4.74 Å². The van der Waals surface area contributed by atoms with Crippen LogP contribution < -0.4 is 14.2 Å².